The fourth-order valence-electron chi connectivity index (χ4n) is 3.62. The number of piperidine rings is 1. The van der Waals surface area contributed by atoms with Gasteiger partial charge in [0.25, 0.3) is 0 Å². The van der Waals surface area contributed by atoms with Crippen molar-refractivity contribution in [2.75, 3.05) is 18.4 Å². The first-order chi connectivity index (χ1) is 14.9. The SMILES string of the molecule is Cc1ccc(NC(=O)C2CCN(S(=O)(=O)c3cccnc3)CC2)cc1-n1nnnc1C. The van der Waals surface area contributed by atoms with Crippen molar-refractivity contribution in [3.63, 3.8) is 0 Å². The number of amides is 1. The van der Waals surface area contributed by atoms with Crippen LogP contribution in [0.4, 0.5) is 5.69 Å². The maximum Gasteiger partial charge on any atom is 0.244 e. The molecule has 0 unspecified atom stereocenters. The van der Waals surface area contributed by atoms with Crippen LogP contribution in [0.1, 0.15) is 24.2 Å². The molecule has 1 aliphatic rings. The van der Waals surface area contributed by atoms with Gasteiger partial charge in [-0.05, 0) is 66.9 Å². The second-order valence-electron chi connectivity index (χ2n) is 7.50. The molecule has 0 spiro atoms. The normalized spacial score (nSPS) is 15.7. The van der Waals surface area contributed by atoms with Gasteiger partial charge in [0, 0.05) is 37.1 Å². The number of carbonyl (C=O) groups excluding carboxylic acids is 1. The summed E-state index contributed by atoms with van der Waals surface area (Å²) >= 11 is 0. The van der Waals surface area contributed by atoms with E-state index in [1.165, 1.54) is 22.8 Å². The van der Waals surface area contributed by atoms with E-state index in [-0.39, 0.29) is 29.8 Å². The molecule has 1 amide bonds. The van der Waals surface area contributed by atoms with Crippen LogP contribution in [-0.4, -0.2) is 56.9 Å². The Morgan fingerprint density at radius 1 is 1.16 bits per heavy atom. The van der Waals surface area contributed by atoms with Gasteiger partial charge in [-0.1, -0.05) is 6.07 Å². The fraction of sp³-hybridized carbons (Fsp3) is 0.350. The number of nitrogens with one attached hydrogen (secondary N) is 1. The lowest BCUT2D eigenvalue weighted by Gasteiger charge is -2.30. The quantitative estimate of drug-likeness (QED) is 0.639. The molecule has 0 bridgehead atoms. The predicted molar refractivity (Wildman–Crippen MR) is 113 cm³/mol. The number of hydrogen-bond donors (Lipinski definition) is 1. The van der Waals surface area contributed by atoms with E-state index < -0.39 is 10.0 Å². The molecule has 1 saturated heterocycles. The van der Waals surface area contributed by atoms with Crippen LogP contribution in [0.25, 0.3) is 5.69 Å². The topological polar surface area (TPSA) is 123 Å². The lowest BCUT2D eigenvalue weighted by atomic mass is 9.97. The van der Waals surface area contributed by atoms with E-state index in [4.69, 9.17) is 0 Å². The van der Waals surface area contributed by atoms with Crippen molar-refractivity contribution in [2.45, 2.75) is 31.6 Å². The molecule has 10 nitrogen and oxygen atoms in total. The molecule has 0 radical (unpaired) electrons. The average molecular weight is 442 g/mol. The summed E-state index contributed by atoms with van der Waals surface area (Å²) in [5.41, 5.74) is 2.41. The third kappa shape index (κ3) is 4.32. The van der Waals surface area contributed by atoms with Crippen LogP contribution in [0, 0.1) is 19.8 Å². The highest BCUT2D eigenvalue weighted by Gasteiger charge is 2.32. The third-order valence-corrected chi connectivity index (χ3v) is 7.31. The maximum atomic E-state index is 12.8. The standard InChI is InChI=1S/C20H23N7O3S/c1-14-5-6-17(12-19(14)27-15(2)23-24-25-27)22-20(28)16-7-10-26(11-8-16)31(29,30)18-4-3-9-21-13-18/h3-6,9,12-13,16H,7-8,10-11H2,1-2H3,(H,22,28). The molecule has 3 heterocycles. The highest BCUT2D eigenvalue weighted by Crippen LogP contribution is 2.25. The number of rotatable bonds is 5. The van der Waals surface area contributed by atoms with Crippen molar-refractivity contribution >= 4 is 21.6 Å². The zero-order valence-electron chi connectivity index (χ0n) is 17.3. The fourth-order valence-corrected chi connectivity index (χ4v) is 5.06. The molecule has 4 rings (SSSR count). The second-order valence-corrected chi connectivity index (χ2v) is 9.43. The molecule has 162 valence electrons. The van der Waals surface area contributed by atoms with Crippen LogP contribution in [0.2, 0.25) is 0 Å². The zero-order valence-corrected chi connectivity index (χ0v) is 18.1. The number of sulfonamides is 1. The number of aromatic nitrogens is 5. The lowest BCUT2D eigenvalue weighted by Crippen LogP contribution is -2.41. The summed E-state index contributed by atoms with van der Waals surface area (Å²) in [7, 11) is -3.59. The number of carbonyl (C=O) groups is 1. The Morgan fingerprint density at radius 2 is 1.94 bits per heavy atom. The van der Waals surface area contributed by atoms with Crippen LogP contribution >= 0.6 is 0 Å². The van der Waals surface area contributed by atoms with Crippen molar-refractivity contribution in [1.82, 2.24) is 29.5 Å². The summed E-state index contributed by atoms with van der Waals surface area (Å²) < 4.78 is 28.5. The van der Waals surface area contributed by atoms with Gasteiger partial charge in [0.2, 0.25) is 15.9 Å². The number of hydrogen-bond acceptors (Lipinski definition) is 7. The minimum absolute atomic E-state index is 0.123. The van der Waals surface area contributed by atoms with E-state index >= 15 is 0 Å². The maximum absolute atomic E-state index is 12.8. The van der Waals surface area contributed by atoms with Crippen molar-refractivity contribution in [3.8, 4) is 5.69 Å². The molecule has 1 aliphatic heterocycles. The first-order valence-electron chi connectivity index (χ1n) is 9.93. The van der Waals surface area contributed by atoms with Crippen molar-refractivity contribution in [3.05, 3.63) is 54.1 Å². The van der Waals surface area contributed by atoms with Crippen molar-refractivity contribution in [1.29, 1.82) is 0 Å². The molecule has 0 saturated carbocycles. The van der Waals surface area contributed by atoms with E-state index in [2.05, 4.69) is 25.8 Å². The van der Waals surface area contributed by atoms with Gasteiger partial charge in [0.05, 0.1) is 5.69 Å². The van der Waals surface area contributed by atoms with E-state index in [0.29, 0.717) is 24.4 Å². The molecule has 0 atom stereocenters. The Hall–Kier alpha value is -3.18. The highest BCUT2D eigenvalue weighted by atomic mass is 32.2. The van der Waals surface area contributed by atoms with Gasteiger partial charge in [-0.15, -0.1) is 5.10 Å². The summed E-state index contributed by atoms with van der Waals surface area (Å²) in [5, 5.41) is 14.5. The minimum Gasteiger partial charge on any atom is -0.326 e. The first kappa shape index (κ1) is 21.1. The average Bonchev–Trinajstić information content (AvgIpc) is 3.21. The van der Waals surface area contributed by atoms with Gasteiger partial charge in [-0.3, -0.25) is 9.78 Å². The number of aryl methyl sites for hydroxylation is 2. The zero-order chi connectivity index (χ0) is 22.0. The van der Waals surface area contributed by atoms with E-state index in [0.717, 1.165) is 11.3 Å². The third-order valence-electron chi connectivity index (χ3n) is 5.43. The van der Waals surface area contributed by atoms with Crippen LogP contribution < -0.4 is 5.32 Å². The summed E-state index contributed by atoms with van der Waals surface area (Å²) in [5.74, 6) is 0.260. The van der Waals surface area contributed by atoms with Crippen LogP contribution in [0.3, 0.4) is 0 Å². The van der Waals surface area contributed by atoms with E-state index in [1.807, 2.05) is 25.1 Å². The van der Waals surface area contributed by atoms with E-state index in [9.17, 15) is 13.2 Å². The molecule has 1 fully saturated rings. The van der Waals surface area contributed by atoms with Crippen LogP contribution in [0.5, 0.6) is 0 Å². The summed E-state index contributed by atoms with van der Waals surface area (Å²) in [6.45, 7) is 4.33. The summed E-state index contributed by atoms with van der Waals surface area (Å²) in [4.78, 5) is 16.9. The number of tetrazole rings is 1. The lowest BCUT2D eigenvalue weighted by molar-refractivity contribution is -0.120. The molecule has 2 aromatic heterocycles. The second kappa shape index (κ2) is 8.52. The Morgan fingerprint density at radius 3 is 2.58 bits per heavy atom. The molecule has 11 heteroatoms. The Bertz CT molecular complexity index is 1190. The summed E-state index contributed by atoms with van der Waals surface area (Å²) in [6.07, 6.45) is 3.79. The highest BCUT2D eigenvalue weighted by molar-refractivity contribution is 7.89. The van der Waals surface area contributed by atoms with Gasteiger partial charge in [0.1, 0.15) is 4.90 Å². The van der Waals surface area contributed by atoms with Gasteiger partial charge >= 0.3 is 0 Å². The van der Waals surface area contributed by atoms with Crippen LogP contribution in [0.15, 0.2) is 47.6 Å². The molecule has 1 N–H and O–H groups in total. The van der Waals surface area contributed by atoms with Gasteiger partial charge < -0.3 is 5.32 Å². The Balaban J connectivity index is 1.42. The van der Waals surface area contributed by atoms with Crippen molar-refractivity contribution in [2.24, 2.45) is 5.92 Å². The van der Waals surface area contributed by atoms with E-state index in [1.54, 1.807) is 17.7 Å². The van der Waals surface area contributed by atoms with Gasteiger partial charge in [-0.2, -0.15) is 8.99 Å². The number of anilines is 1. The Labute approximate surface area is 180 Å². The predicted octanol–water partition coefficient (Wildman–Crippen LogP) is 1.71. The molecule has 1 aromatic carbocycles. The van der Waals surface area contributed by atoms with Crippen LogP contribution in [-0.2, 0) is 14.8 Å². The Kier molecular flexibility index (Phi) is 5.79. The number of benzene rings is 1. The molecular weight excluding hydrogens is 418 g/mol. The van der Waals surface area contributed by atoms with Gasteiger partial charge in [-0.25, -0.2) is 8.42 Å². The molecular formula is C20H23N7O3S. The molecule has 31 heavy (non-hydrogen) atoms. The van der Waals surface area contributed by atoms with Crippen molar-refractivity contribution < 1.29 is 13.2 Å². The molecule has 0 aliphatic carbocycles. The molecule has 3 aromatic rings. The summed E-state index contributed by atoms with van der Waals surface area (Å²) in [6, 6.07) is 8.69. The monoisotopic (exact) mass is 441 g/mol. The number of pyridine rings is 1. The minimum atomic E-state index is -3.59. The first-order valence-corrected chi connectivity index (χ1v) is 11.4. The number of nitrogens with zero attached hydrogens (tertiary/aromatic N) is 6. The van der Waals surface area contributed by atoms with Gasteiger partial charge in [0.15, 0.2) is 5.82 Å². The largest absolute Gasteiger partial charge is 0.326 e. The smallest absolute Gasteiger partial charge is 0.244 e.